The Hall–Kier alpha value is -3.22. The molecule has 150 valence electrons. The number of nitrogens with one attached hydrogen (secondary N) is 2. The summed E-state index contributed by atoms with van der Waals surface area (Å²) in [7, 11) is 0. The molecule has 0 unspecified atom stereocenters. The predicted molar refractivity (Wildman–Crippen MR) is 106 cm³/mol. The highest BCUT2D eigenvalue weighted by atomic mass is 19.1. The van der Waals surface area contributed by atoms with E-state index >= 15 is 0 Å². The summed E-state index contributed by atoms with van der Waals surface area (Å²) < 4.78 is 13.4. The fourth-order valence-corrected chi connectivity index (χ4v) is 3.21. The van der Waals surface area contributed by atoms with Crippen molar-refractivity contribution in [1.82, 2.24) is 10.6 Å². The van der Waals surface area contributed by atoms with E-state index in [0.717, 1.165) is 18.4 Å². The van der Waals surface area contributed by atoms with E-state index in [1.54, 1.807) is 12.1 Å². The number of halogens is 1. The molecule has 0 radical (unpaired) electrons. The zero-order valence-corrected chi connectivity index (χ0v) is 15.8. The molecule has 0 aromatic heterocycles. The minimum Gasteiger partial charge on any atom is -0.382 e. The van der Waals surface area contributed by atoms with E-state index in [4.69, 9.17) is 4.84 Å². The number of rotatable bonds is 7. The number of nitrogens with zero attached hydrogens (tertiary/aromatic N) is 1. The van der Waals surface area contributed by atoms with Crippen molar-refractivity contribution in [2.24, 2.45) is 5.16 Å². The third-order valence-electron chi connectivity index (χ3n) is 4.96. The van der Waals surface area contributed by atoms with Crippen LogP contribution in [0.2, 0.25) is 0 Å². The van der Waals surface area contributed by atoms with Crippen LogP contribution in [-0.2, 0) is 20.8 Å². The first-order valence-electron chi connectivity index (χ1n) is 9.72. The molecule has 4 rings (SSSR count). The minimum absolute atomic E-state index is 0.198. The molecule has 7 heteroatoms. The highest BCUT2D eigenvalue weighted by Gasteiger charge is 2.33. The van der Waals surface area contributed by atoms with Crippen LogP contribution in [0.1, 0.15) is 30.4 Å². The van der Waals surface area contributed by atoms with Gasteiger partial charge in [-0.05, 0) is 30.5 Å². The molecule has 0 bridgehead atoms. The highest BCUT2D eigenvalue weighted by Crippen LogP contribution is 2.20. The molecule has 6 nitrogen and oxygen atoms in total. The monoisotopic (exact) mass is 395 g/mol. The lowest BCUT2D eigenvalue weighted by atomic mass is 10.0. The van der Waals surface area contributed by atoms with Crippen molar-refractivity contribution in [3.05, 3.63) is 71.5 Å². The highest BCUT2D eigenvalue weighted by molar-refractivity contribution is 6.04. The van der Waals surface area contributed by atoms with Gasteiger partial charge in [-0.3, -0.25) is 9.59 Å². The van der Waals surface area contributed by atoms with E-state index in [-0.39, 0.29) is 24.2 Å². The van der Waals surface area contributed by atoms with E-state index in [1.807, 2.05) is 30.3 Å². The topological polar surface area (TPSA) is 79.8 Å². The SMILES string of the molecule is O=C(NC1CC1)[C@H](Cc1ccccc1)NC(=O)[C@H]1CC(c2cccc(F)c2)=NO1. The van der Waals surface area contributed by atoms with Crippen LogP contribution in [0.4, 0.5) is 4.39 Å². The average Bonchev–Trinajstić information content (AvgIpc) is 3.39. The van der Waals surface area contributed by atoms with Crippen molar-refractivity contribution < 1.29 is 18.8 Å². The Morgan fingerprint density at radius 2 is 1.93 bits per heavy atom. The third-order valence-corrected chi connectivity index (χ3v) is 4.96. The maximum atomic E-state index is 13.4. The molecule has 2 atom stereocenters. The van der Waals surface area contributed by atoms with Crippen LogP contribution >= 0.6 is 0 Å². The van der Waals surface area contributed by atoms with Crippen molar-refractivity contribution in [2.75, 3.05) is 0 Å². The van der Waals surface area contributed by atoms with Crippen molar-refractivity contribution in [3.63, 3.8) is 0 Å². The largest absolute Gasteiger partial charge is 0.382 e. The summed E-state index contributed by atoms with van der Waals surface area (Å²) in [5.74, 6) is -0.987. The number of hydrogen-bond donors (Lipinski definition) is 2. The van der Waals surface area contributed by atoms with E-state index in [1.165, 1.54) is 12.1 Å². The van der Waals surface area contributed by atoms with Crippen molar-refractivity contribution in [2.45, 2.75) is 43.9 Å². The predicted octanol–water partition coefficient (Wildman–Crippen LogP) is 2.32. The first kappa shape index (κ1) is 19.1. The van der Waals surface area contributed by atoms with E-state index in [2.05, 4.69) is 15.8 Å². The lowest BCUT2D eigenvalue weighted by molar-refractivity contribution is -0.135. The Morgan fingerprint density at radius 1 is 1.14 bits per heavy atom. The van der Waals surface area contributed by atoms with Gasteiger partial charge in [0.1, 0.15) is 11.9 Å². The summed E-state index contributed by atoms with van der Waals surface area (Å²) in [6, 6.07) is 15.0. The number of amides is 2. The third kappa shape index (κ3) is 4.99. The second-order valence-electron chi connectivity index (χ2n) is 7.38. The molecule has 0 spiro atoms. The van der Waals surface area contributed by atoms with Gasteiger partial charge in [0.2, 0.25) is 12.0 Å². The van der Waals surface area contributed by atoms with Gasteiger partial charge in [-0.25, -0.2) is 4.39 Å². The Kier molecular flexibility index (Phi) is 5.55. The Balaban J connectivity index is 1.40. The van der Waals surface area contributed by atoms with Gasteiger partial charge in [0, 0.05) is 24.4 Å². The quantitative estimate of drug-likeness (QED) is 0.755. The number of benzene rings is 2. The van der Waals surface area contributed by atoms with Gasteiger partial charge in [0.15, 0.2) is 0 Å². The summed E-state index contributed by atoms with van der Waals surface area (Å²) in [5.41, 5.74) is 2.03. The first-order chi connectivity index (χ1) is 14.1. The number of oxime groups is 1. The maximum Gasteiger partial charge on any atom is 0.265 e. The number of hydrogen-bond acceptors (Lipinski definition) is 4. The molecule has 1 heterocycles. The average molecular weight is 395 g/mol. The maximum absolute atomic E-state index is 13.4. The van der Waals surface area contributed by atoms with Gasteiger partial charge < -0.3 is 15.5 Å². The molecule has 2 amide bonds. The Morgan fingerprint density at radius 3 is 2.66 bits per heavy atom. The first-order valence-corrected chi connectivity index (χ1v) is 9.72. The fraction of sp³-hybridized carbons (Fsp3) is 0.318. The smallest absolute Gasteiger partial charge is 0.265 e. The van der Waals surface area contributed by atoms with Crippen LogP contribution in [-0.4, -0.2) is 35.7 Å². The van der Waals surface area contributed by atoms with Gasteiger partial charge in [-0.1, -0.05) is 47.6 Å². The Bertz CT molecular complexity index is 928. The molecule has 1 aliphatic heterocycles. The van der Waals surface area contributed by atoms with Crippen LogP contribution in [0.25, 0.3) is 0 Å². The zero-order chi connectivity index (χ0) is 20.2. The number of carbonyl (C=O) groups is 2. The van der Waals surface area contributed by atoms with Crippen molar-refractivity contribution >= 4 is 17.5 Å². The Labute approximate surface area is 168 Å². The summed E-state index contributed by atoms with van der Waals surface area (Å²) >= 11 is 0. The molecule has 2 aliphatic rings. The summed E-state index contributed by atoms with van der Waals surface area (Å²) in [5, 5.41) is 9.68. The molecule has 29 heavy (non-hydrogen) atoms. The zero-order valence-electron chi connectivity index (χ0n) is 15.8. The fourth-order valence-electron chi connectivity index (χ4n) is 3.21. The molecular formula is C22H22FN3O3. The van der Waals surface area contributed by atoms with Crippen LogP contribution < -0.4 is 10.6 Å². The summed E-state index contributed by atoms with van der Waals surface area (Å²) in [4.78, 5) is 30.6. The molecular weight excluding hydrogens is 373 g/mol. The second kappa shape index (κ2) is 8.43. The second-order valence-corrected chi connectivity index (χ2v) is 7.38. The minimum atomic E-state index is -0.847. The molecule has 2 aromatic rings. The van der Waals surface area contributed by atoms with Crippen molar-refractivity contribution in [1.29, 1.82) is 0 Å². The lowest BCUT2D eigenvalue weighted by Crippen LogP contribution is -2.51. The summed E-state index contributed by atoms with van der Waals surface area (Å²) in [6.45, 7) is 0. The van der Waals surface area contributed by atoms with E-state index < -0.39 is 18.1 Å². The number of carbonyl (C=O) groups excluding carboxylic acids is 2. The van der Waals surface area contributed by atoms with Crippen LogP contribution in [0.3, 0.4) is 0 Å². The van der Waals surface area contributed by atoms with Gasteiger partial charge in [-0.2, -0.15) is 0 Å². The molecule has 2 N–H and O–H groups in total. The standard InChI is InChI=1S/C22H22FN3O3/c23-16-8-4-7-15(12-16)18-13-20(29-26-18)22(28)25-19(21(27)24-17-9-10-17)11-14-5-2-1-3-6-14/h1-8,12,17,19-20H,9-11,13H2,(H,24,27)(H,25,28)/t19-,20+/m0/s1. The summed E-state index contributed by atoms with van der Waals surface area (Å²) in [6.07, 6.45) is 1.69. The molecule has 0 saturated heterocycles. The molecule has 2 aromatic carbocycles. The molecule has 1 saturated carbocycles. The molecule has 1 aliphatic carbocycles. The van der Waals surface area contributed by atoms with Gasteiger partial charge in [-0.15, -0.1) is 0 Å². The van der Waals surface area contributed by atoms with Crippen LogP contribution in [0, 0.1) is 5.82 Å². The van der Waals surface area contributed by atoms with Gasteiger partial charge >= 0.3 is 0 Å². The van der Waals surface area contributed by atoms with E-state index in [9.17, 15) is 14.0 Å². The molecule has 1 fully saturated rings. The van der Waals surface area contributed by atoms with Gasteiger partial charge in [0.05, 0.1) is 5.71 Å². The van der Waals surface area contributed by atoms with Crippen molar-refractivity contribution in [3.8, 4) is 0 Å². The van der Waals surface area contributed by atoms with Crippen LogP contribution in [0.5, 0.6) is 0 Å². The van der Waals surface area contributed by atoms with E-state index in [0.29, 0.717) is 17.7 Å². The lowest BCUT2D eigenvalue weighted by Gasteiger charge is -2.20. The van der Waals surface area contributed by atoms with Gasteiger partial charge in [0.25, 0.3) is 5.91 Å². The normalized spacial score (nSPS) is 19.1. The van der Waals surface area contributed by atoms with Crippen LogP contribution in [0.15, 0.2) is 59.8 Å².